The number of aliphatic hydroxyl groups excluding tert-OH is 1. The van der Waals surface area contributed by atoms with Gasteiger partial charge in [0.2, 0.25) is 0 Å². The third-order valence-corrected chi connectivity index (χ3v) is 3.67. The summed E-state index contributed by atoms with van der Waals surface area (Å²) in [5, 5.41) is 15.2. The third-order valence-electron chi connectivity index (χ3n) is 3.67. The van der Waals surface area contributed by atoms with Gasteiger partial charge < -0.3 is 15.7 Å². The molecule has 0 saturated heterocycles. The highest BCUT2D eigenvalue weighted by Crippen LogP contribution is 2.30. The summed E-state index contributed by atoms with van der Waals surface area (Å²) in [5.41, 5.74) is 2.56. The van der Waals surface area contributed by atoms with E-state index in [0.29, 0.717) is 13.0 Å². The Morgan fingerprint density at radius 3 is 3.05 bits per heavy atom. The van der Waals surface area contributed by atoms with E-state index in [1.807, 2.05) is 19.1 Å². The van der Waals surface area contributed by atoms with Crippen LogP contribution in [0.25, 0.3) is 0 Å². The first-order valence-corrected chi connectivity index (χ1v) is 7.01. The molecule has 0 saturated carbocycles. The molecule has 0 aromatic heterocycles. The standard InChI is InChI=1S/C15H22N2O2/c1-2-12(18)9-10-16-15(19)17-14-8-7-11-5-3-4-6-13(11)14/h3-6,12,14,18H,2,7-10H2,1H3,(H2,16,17,19). The Morgan fingerprint density at radius 1 is 1.47 bits per heavy atom. The van der Waals surface area contributed by atoms with Crippen LogP contribution in [0, 0.1) is 0 Å². The minimum absolute atomic E-state index is 0.118. The number of nitrogens with one attached hydrogen (secondary N) is 2. The number of hydrogen-bond donors (Lipinski definition) is 3. The summed E-state index contributed by atoms with van der Waals surface area (Å²) in [7, 11) is 0. The summed E-state index contributed by atoms with van der Waals surface area (Å²) in [5.74, 6) is 0. The van der Waals surface area contributed by atoms with Gasteiger partial charge in [-0.1, -0.05) is 31.2 Å². The highest BCUT2D eigenvalue weighted by molar-refractivity contribution is 5.74. The topological polar surface area (TPSA) is 61.4 Å². The van der Waals surface area contributed by atoms with Gasteiger partial charge in [0.25, 0.3) is 0 Å². The lowest BCUT2D eigenvalue weighted by Gasteiger charge is -2.15. The predicted octanol–water partition coefficient (Wildman–Crippen LogP) is 2.13. The number of benzene rings is 1. The van der Waals surface area contributed by atoms with E-state index in [0.717, 1.165) is 19.3 Å². The molecular weight excluding hydrogens is 240 g/mol. The molecule has 104 valence electrons. The number of rotatable bonds is 5. The van der Waals surface area contributed by atoms with Crippen molar-refractivity contribution in [3.8, 4) is 0 Å². The Kier molecular flexibility index (Phi) is 4.80. The SMILES string of the molecule is CCC(O)CCNC(=O)NC1CCc2ccccc21. The van der Waals surface area contributed by atoms with E-state index in [1.54, 1.807) is 0 Å². The van der Waals surface area contributed by atoms with Crippen LogP contribution in [0.5, 0.6) is 0 Å². The predicted molar refractivity (Wildman–Crippen MR) is 75.0 cm³/mol. The molecule has 0 fully saturated rings. The van der Waals surface area contributed by atoms with Crippen molar-refractivity contribution >= 4 is 6.03 Å². The average molecular weight is 262 g/mol. The molecule has 19 heavy (non-hydrogen) atoms. The summed E-state index contributed by atoms with van der Waals surface area (Å²) < 4.78 is 0. The van der Waals surface area contributed by atoms with E-state index >= 15 is 0 Å². The van der Waals surface area contributed by atoms with Crippen molar-refractivity contribution in [2.75, 3.05) is 6.54 Å². The fourth-order valence-corrected chi connectivity index (χ4v) is 2.47. The lowest BCUT2D eigenvalue weighted by atomic mass is 10.1. The van der Waals surface area contributed by atoms with Crippen LogP contribution in [-0.4, -0.2) is 23.8 Å². The Labute approximate surface area is 114 Å². The Balaban J connectivity index is 1.78. The molecule has 4 heteroatoms. The molecule has 1 aliphatic carbocycles. The molecule has 4 nitrogen and oxygen atoms in total. The molecule has 0 bridgehead atoms. The second kappa shape index (κ2) is 6.57. The van der Waals surface area contributed by atoms with Crippen LogP contribution in [0.3, 0.4) is 0 Å². The molecule has 0 heterocycles. The number of fused-ring (bicyclic) bond motifs is 1. The molecule has 2 unspecified atom stereocenters. The summed E-state index contributed by atoms with van der Waals surface area (Å²) in [4.78, 5) is 11.8. The van der Waals surface area contributed by atoms with Gasteiger partial charge in [0.1, 0.15) is 0 Å². The van der Waals surface area contributed by atoms with Crippen molar-refractivity contribution in [2.45, 2.75) is 44.8 Å². The van der Waals surface area contributed by atoms with E-state index in [1.165, 1.54) is 11.1 Å². The molecule has 1 aliphatic rings. The molecule has 1 aromatic carbocycles. The van der Waals surface area contributed by atoms with Gasteiger partial charge in [0.05, 0.1) is 12.1 Å². The number of hydrogen-bond acceptors (Lipinski definition) is 2. The summed E-state index contributed by atoms with van der Waals surface area (Å²) >= 11 is 0. The van der Waals surface area contributed by atoms with Crippen molar-refractivity contribution in [3.05, 3.63) is 35.4 Å². The maximum atomic E-state index is 11.8. The molecule has 0 spiro atoms. The van der Waals surface area contributed by atoms with E-state index in [-0.39, 0.29) is 18.2 Å². The van der Waals surface area contributed by atoms with Crippen LogP contribution in [0.1, 0.15) is 43.4 Å². The van der Waals surface area contributed by atoms with Crippen LogP contribution in [0.2, 0.25) is 0 Å². The smallest absolute Gasteiger partial charge is 0.315 e. The van der Waals surface area contributed by atoms with E-state index in [2.05, 4.69) is 22.8 Å². The normalized spacial score (nSPS) is 18.7. The van der Waals surface area contributed by atoms with Crippen LogP contribution in [0.4, 0.5) is 4.79 Å². The zero-order valence-corrected chi connectivity index (χ0v) is 11.4. The highest BCUT2D eigenvalue weighted by atomic mass is 16.3. The van der Waals surface area contributed by atoms with Crippen LogP contribution in [0.15, 0.2) is 24.3 Å². The van der Waals surface area contributed by atoms with Gasteiger partial charge in [-0.3, -0.25) is 0 Å². The summed E-state index contributed by atoms with van der Waals surface area (Å²) in [6.07, 6.45) is 2.98. The molecule has 2 rings (SSSR count). The maximum Gasteiger partial charge on any atom is 0.315 e. The van der Waals surface area contributed by atoms with Crippen molar-refractivity contribution < 1.29 is 9.90 Å². The fourth-order valence-electron chi connectivity index (χ4n) is 2.47. The largest absolute Gasteiger partial charge is 0.393 e. The number of carbonyl (C=O) groups is 1. The van der Waals surface area contributed by atoms with Gasteiger partial charge in [-0.15, -0.1) is 0 Å². The van der Waals surface area contributed by atoms with Crippen molar-refractivity contribution in [1.82, 2.24) is 10.6 Å². The number of urea groups is 1. The second-order valence-electron chi connectivity index (χ2n) is 5.04. The monoisotopic (exact) mass is 262 g/mol. The average Bonchev–Trinajstić information content (AvgIpc) is 2.82. The van der Waals surface area contributed by atoms with Crippen LogP contribution in [-0.2, 0) is 6.42 Å². The first-order chi connectivity index (χ1) is 9.20. The molecule has 2 amide bonds. The minimum atomic E-state index is -0.326. The van der Waals surface area contributed by atoms with Gasteiger partial charge >= 0.3 is 6.03 Å². The van der Waals surface area contributed by atoms with Gasteiger partial charge in [-0.05, 0) is 36.8 Å². The third kappa shape index (κ3) is 3.70. The highest BCUT2D eigenvalue weighted by Gasteiger charge is 2.23. The van der Waals surface area contributed by atoms with E-state index in [9.17, 15) is 9.90 Å². The van der Waals surface area contributed by atoms with Crippen molar-refractivity contribution in [1.29, 1.82) is 0 Å². The second-order valence-corrected chi connectivity index (χ2v) is 5.04. The van der Waals surface area contributed by atoms with Crippen molar-refractivity contribution in [2.24, 2.45) is 0 Å². The fraction of sp³-hybridized carbons (Fsp3) is 0.533. The molecule has 0 radical (unpaired) electrons. The van der Waals surface area contributed by atoms with Gasteiger partial charge in [-0.2, -0.15) is 0 Å². The van der Waals surface area contributed by atoms with Gasteiger partial charge in [0.15, 0.2) is 0 Å². The number of aliphatic hydroxyl groups is 1. The Morgan fingerprint density at radius 2 is 2.26 bits per heavy atom. The van der Waals surface area contributed by atoms with Gasteiger partial charge in [-0.25, -0.2) is 4.79 Å². The molecule has 2 atom stereocenters. The lowest BCUT2D eigenvalue weighted by molar-refractivity contribution is 0.160. The zero-order valence-electron chi connectivity index (χ0n) is 11.4. The first kappa shape index (κ1) is 13.9. The minimum Gasteiger partial charge on any atom is -0.393 e. The Bertz CT molecular complexity index is 434. The number of aryl methyl sites for hydroxylation is 1. The summed E-state index contributed by atoms with van der Waals surface area (Å²) in [6.45, 7) is 2.44. The van der Waals surface area contributed by atoms with Gasteiger partial charge in [0, 0.05) is 6.54 Å². The maximum absolute atomic E-state index is 11.8. The lowest BCUT2D eigenvalue weighted by Crippen LogP contribution is -2.38. The van der Waals surface area contributed by atoms with E-state index in [4.69, 9.17) is 0 Å². The van der Waals surface area contributed by atoms with Crippen molar-refractivity contribution in [3.63, 3.8) is 0 Å². The number of carbonyl (C=O) groups excluding carboxylic acids is 1. The number of amides is 2. The van der Waals surface area contributed by atoms with Crippen LogP contribution < -0.4 is 10.6 Å². The molecule has 3 N–H and O–H groups in total. The molecule has 1 aromatic rings. The Hall–Kier alpha value is -1.55. The quantitative estimate of drug-likeness (QED) is 0.761. The zero-order chi connectivity index (χ0) is 13.7. The van der Waals surface area contributed by atoms with Crippen LogP contribution >= 0.6 is 0 Å². The molecule has 0 aliphatic heterocycles. The van der Waals surface area contributed by atoms with E-state index < -0.39 is 0 Å². The summed E-state index contributed by atoms with van der Waals surface area (Å²) in [6, 6.07) is 8.21. The molecular formula is C15H22N2O2. The first-order valence-electron chi connectivity index (χ1n) is 7.01.